The van der Waals surface area contributed by atoms with Gasteiger partial charge in [0.15, 0.2) is 0 Å². The van der Waals surface area contributed by atoms with Gasteiger partial charge in [-0.15, -0.1) is 0 Å². The highest BCUT2D eigenvalue weighted by atomic mass is 32.2. The van der Waals surface area contributed by atoms with Crippen molar-refractivity contribution in [2.45, 2.75) is 38.4 Å². The van der Waals surface area contributed by atoms with Gasteiger partial charge in [0.2, 0.25) is 10.0 Å². The van der Waals surface area contributed by atoms with Crippen LogP contribution in [0.25, 0.3) is 0 Å². The van der Waals surface area contributed by atoms with Gasteiger partial charge in [0.1, 0.15) is 5.75 Å². The van der Waals surface area contributed by atoms with Gasteiger partial charge < -0.3 is 4.74 Å². The number of methoxy groups -OCH3 is 1. The molecule has 0 unspecified atom stereocenters. The van der Waals surface area contributed by atoms with E-state index in [-0.39, 0.29) is 29.5 Å². The zero-order chi connectivity index (χ0) is 17.1. The molecule has 1 fully saturated rings. The highest BCUT2D eigenvalue weighted by molar-refractivity contribution is 7.89. The van der Waals surface area contributed by atoms with Crippen molar-refractivity contribution in [3.63, 3.8) is 0 Å². The average molecular weight is 351 g/mol. The molecule has 1 aliphatic carbocycles. The van der Waals surface area contributed by atoms with Crippen molar-refractivity contribution in [3.8, 4) is 5.75 Å². The standard InChI is InChI=1S/C15H20F3NO3S/c1-22-13-7-6-12(14(8-13)15(16,17)18)9-19-23(20,21)10-11-4-2-3-5-11/h6-8,11,19H,2-5,9-10H2,1H3. The summed E-state index contributed by atoms with van der Waals surface area (Å²) in [6.07, 6.45) is -0.830. The molecule has 0 aliphatic heterocycles. The lowest BCUT2D eigenvalue weighted by Gasteiger charge is -2.16. The summed E-state index contributed by atoms with van der Waals surface area (Å²) in [7, 11) is -2.31. The molecule has 0 spiro atoms. The maximum atomic E-state index is 13.1. The van der Waals surface area contributed by atoms with E-state index in [9.17, 15) is 21.6 Å². The number of hydrogen-bond donors (Lipinski definition) is 1. The fourth-order valence-electron chi connectivity index (χ4n) is 2.83. The normalized spacial score (nSPS) is 16.7. The van der Waals surface area contributed by atoms with Crippen molar-refractivity contribution in [2.24, 2.45) is 5.92 Å². The summed E-state index contributed by atoms with van der Waals surface area (Å²) in [5.41, 5.74) is -1.01. The molecular weight excluding hydrogens is 331 g/mol. The number of alkyl halides is 3. The first-order valence-corrected chi connectivity index (χ1v) is 9.08. The quantitative estimate of drug-likeness (QED) is 0.855. The minimum Gasteiger partial charge on any atom is -0.497 e. The van der Waals surface area contributed by atoms with E-state index in [1.165, 1.54) is 19.2 Å². The number of benzene rings is 1. The van der Waals surface area contributed by atoms with Crippen LogP contribution in [0.15, 0.2) is 18.2 Å². The van der Waals surface area contributed by atoms with Crippen molar-refractivity contribution in [1.29, 1.82) is 0 Å². The average Bonchev–Trinajstić information content (AvgIpc) is 2.96. The zero-order valence-electron chi connectivity index (χ0n) is 12.8. The number of nitrogens with one attached hydrogen (secondary N) is 1. The second kappa shape index (κ2) is 7.09. The van der Waals surface area contributed by atoms with Crippen molar-refractivity contribution in [3.05, 3.63) is 29.3 Å². The number of halogens is 3. The van der Waals surface area contributed by atoms with Crippen LogP contribution in [-0.4, -0.2) is 21.3 Å². The molecule has 23 heavy (non-hydrogen) atoms. The second-order valence-electron chi connectivity index (χ2n) is 5.77. The summed E-state index contributed by atoms with van der Waals surface area (Å²) < 4.78 is 70.4. The molecule has 0 heterocycles. The lowest BCUT2D eigenvalue weighted by atomic mass is 10.1. The summed E-state index contributed by atoms with van der Waals surface area (Å²) in [6, 6.07) is 3.50. The molecule has 1 aromatic carbocycles. The van der Waals surface area contributed by atoms with Gasteiger partial charge in [0.25, 0.3) is 0 Å². The smallest absolute Gasteiger partial charge is 0.416 e. The Labute approximate surface area is 134 Å². The van der Waals surface area contributed by atoms with Crippen LogP contribution in [-0.2, 0) is 22.7 Å². The Bertz CT molecular complexity index is 638. The Kier molecular flexibility index (Phi) is 5.57. The van der Waals surface area contributed by atoms with E-state index in [1.807, 2.05) is 0 Å². The van der Waals surface area contributed by atoms with Gasteiger partial charge in [-0.1, -0.05) is 18.9 Å². The third kappa shape index (κ3) is 5.10. The molecular formula is C15H20F3NO3S. The Hall–Kier alpha value is -1.28. The van der Waals surface area contributed by atoms with Gasteiger partial charge in [0.05, 0.1) is 18.4 Å². The van der Waals surface area contributed by atoms with E-state index < -0.39 is 21.8 Å². The largest absolute Gasteiger partial charge is 0.497 e. The molecule has 0 radical (unpaired) electrons. The first kappa shape index (κ1) is 18.1. The van der Waals surface area contributed by atoms with Crippen LogP contribution in [0, 0.1) is 5.92 Å². The number of rotatable bonds is 6. The summed E-state index contributed by atoms with van der Waals surface area (Å²) in [6.45, 7) is -0.381. The molecule has 2 rings (SSSR count). The molecule has 130 valence electrons. The van der Waals surface area contributed by atoms with Crippen LogP contribution in [0.4, 0.5) is 13.2 Å². The minimum atomic E-state index is -4.57. The molecule has 1 saturated carbocycles. The molecule has 1 aromatic rings. The van der Waals surface area contributed by atoms with Crippen LogP contribution in [0.2, 0.25) is 0 Å². The lowest BCUT2D eigenvalue weighted by Crippen LogP contribution is -2.29. The summed E-state index contributed by atoms with van der Waals surface area (Å²) >= 11 is 0. The molecule has 0 aromatic heterocycles. The number of sulfonamides is 1. The Morgan fingerprint density at radius 3 is 2.48 bits per heavy atom. The topological polar surface area (TPSA) is 55.4 Å². The van der Waals surface area contributed by atoms with Gasteiger partial charge in [-0.25, -0.2) is 13.1 Å². The summed E-state index contributed by atoms with van der Waals surface area (Å²) in [5, 5.41) is 0. The maximum Gasteiger partial charge on any atom is 0.416 e. The van der Waals surface area contributed by atoms with Crippen molar-refractivity contribution in [2.75, 3.05) is 12.9 Å². The monoisotopic (exact) mass is 351 g/mol. The molecule has 0 bridgehead atoms. The Balaban J connectivity index is 2.10. The first-order chi connectivity index (χ1) is 10.7. The number of hydrogen-bond acceptors (Lipinski definition) is 3. The van der Waals surface area contributed by atoms with E-state index in [4.69, 9.17) is 4.74 Å². The maximum absolute atomic E-state index is 13.1. The van der Waals surface area contributed by atoms with Crippen LogP contribution < -0.4 is 9.46 Å². The lowest BCUT2D eigenvalue weighted by molar-refractivity contribution is -0.138. The van der Waals surface area contributed by atoms with E-state index >= 15 is 0 Å². The molecule has 0 atom stereocenters. The van der Waals surface area contributed by atoms with Gasteiger partial charge >= 0.3 is 6.18 Å². The molecule has 0 saturated heterocycles. The fourth-order valence-corrected chi connectivity index (χ4v) is 4.28. The highest BCUT2D eigenvalue weighted by Crippen LogP contribution is 2.34. The SMILES string of the molecule is COc1ccc(CNS(=O)(=O)CC2CCCC2)c(C(F)(F)F)c1. The van der Waals surface area contributed by atoms with E-state index in [0.29, 0.717) is 0 Å². The van der Waals surface area contributed by atoms with Crippen molar-refractivity contribution < 1.29 is 26.3 Å². The third-order valence-corrected chi connectivity index (χ3v) is 5.53. The zero-order valence-corrected chi connectivity index (χ0v) is 13.6. The van der Waals surface area contributed by atoms with Crippen LogP contribution in [0.3, 0.4) is 0 Å². The summed E-state index contributed by atoms with van der Waals surface area (Å²) in [4.78, 5) is 0. The second-order valence-corrected chi connectivity index (χ2v) is 7.63. The molecule has 0 amide bonds. The van der Waals surface area contributed by atoms with Gasteiger partial charge in [0, 0.05) is 6.54 Å². The van der Waals surface area contributed by atoms with E-state index in [0.717, 1.165) is 31.7 Å². The predicted molar refractivity (Wildman–Crippen MR) is 80.6 cm³/mol. The summed E-state index contributed by atoms with van der Waals surface area (Å²) in [5.74, 6) is 0.158. The molecule has 1 aliphatic rings. The van der Waals surface area contributed by atoms with Crippen molar-refractivity contribution in [1.82, 2.24) is 4.72 Å². The predicted octanol–water partition coefficient (Wildman–Crippen LogP) is 3.32. The number of ether oxygens (including phenoxy) is 1. The Morgan fingerprint density at radius 2 is 1.91 bits per heavy atom. The van der Waals surface area contributed by atoms with E-state index in [2.05, 4.69) is 4.72 Å². The van der Waals surface area contributed by atoms with Crippen LogP contribution in [0.5, 0.6) is 5.75 Å². The van der Waals surface area contributed by atoms with Crippen LogP contribution in [0.1, 0.15) is 36.8 Å². The molecule has 8 heteroatoms. The fraction of sp³-hybridized carbons (Fsp3) is 0.600. The van der Waals surface area contributed by atoms with Crippen LogP contribution >= 0.6 is 0 Å². The van der Waals surface area contributed by atoms with Gasteiger partial charge in [-0.3, -0.25) is 0 Å². The van der Waals surface area contributed by atoms with Crippen molar-refractivity contribution >= 4 is 10.0 Å². The van der Waals surface area contributed by atoms with E-state index in [1.54, 1.807) is 0 Å². The Morgan fingerprint density at radius 1 is 1.26 bits per heavy atom. The first-order valence-electron chi connectivity index (χ1n) is 7.43. The highest BCUT2D eigenvalue weighted by Gasteiger charge is 2.34. The van der Waals surface area contributed by atoms with Gasteiger partial charge in [-0.05, 0) is 36.5 Å². The molecule has 1 N–H and O–H groups in total. The third-order valence-electron chi connectivity index (χ3n) is 4.03. The van der Waals surface area contributed by atoms with Gasteiger partial charge in [-0.2, -0.15) is 13.2 Å². The molecule has 4 nitrogen and oxygen atoms in total. The minimum absolute atomic E-state index is 0.0233.